The molecule has 14 heteroatoms. The van der Waals surface area contributed by atoms with Crippen LogP contribution in [0.15, 0.2) is 36.4 Å². The van der Waals surface area contributed by atoms with E-state index < -0.39 is 54.0 Å². The van der Waals surface area contributed by atoms with Crippen molar-refractivity contribution in [2.75, 3.05) is 39.8 Å². The average molecular weight is 605 g/mol. The molecule has 0 radical (unpaired) electrons. The predicted molar refractivity (Wildman–Crippen MR) is 138 cm³/mol. The van der Waals surface area contributed by atoms with Crippen molar-refractivity contribution in [2.45, 2.75) is 50.7 Å². The maximum Gasteiger partial charge on any atom is 0.416 e. The number of carbonyl (C=O) groups excluding carboxylic acids is 1. The molecule has 0 unspecified atom stereocenters. The maximum atomic E-state index is 13.9. The van der Waals surface area contributed by atoms with E-state index in [1.807, 2.05) is 0 Å². The summed E-state index contributed by atoms with van der Waals surface area (Å²) >= 11 is 0. The normalized spacial score (nSPS) is 20.5. The van der Waals surface area contributed by atoms with Gasteiger partial charge in [-0.3, -0.25) is 4.90 Å². The number of hydrogen-bond donors (Lipinski definition) is 1. The number of aryl methyl sites for hydroxylation is 1. The Bertz CT molecular complexity index is 1280. The second-order valence-corrected chi connectivity index (χ2v) is 10.7. The first-order chi connectivity index (χ1) is 19.5. The fraction of sp³-hybridized carbons (Fsp3) is 0.500. The third-order valence-corrected chi connectivity index (χ3v) is 7.91. The van der Waals surface area contributed by atoms with E-state index in [0.717, 1.165) is 4.90 Å². The molecule has 2 atom stereocenters. The molecule has 0 aliphatic carbocycles. The van der Waals surface area contributed by atoms with Crippen molar-refractivity contribution in [3.8, 4) is 0 Å². The standard InChI is InChI=1S/C28H31F7N4O3/c1-17-11-21(29)3-4-23(17)24-15-22(37-7-9-38(10-8-37)26(41)42)5-6-39(24)25(40)36(2)16-18-12-19(27(30,31)32)14-20(13-18)28(33,34)35/h3-4,11-14,22,24H,5-10,15-16H2,1-2H3,(H,41,42)/t22-,24+/m0/s1. The largest absolute Gasteiger partial charge is 0.465 e. The minimum absolute atomic E-state index is 0.0254. The highest BCUT2D eigenvalue weighted by molar-refractivity contribution is 5.75. The van der Waals surface area contributed by atoms with E-state index in [-0.39, 0.29) is 24.2 Å². The fourth-order valence-corrected chi connectivity index (χ4v) is 5.76. The van der Waals surface area contributed by atoms with Gasteiger partial charge in [-0.05, 0) is 66.8 Å². The van der Waals surface area contributed by atoms with Gasteiger partial charge >= 0.3 is 24.5 Å². The molecular formula is C28H31F7N4O3. The molecular weight excluding hydrogens is 573 g/mol. The Balaban J connectivity index is 1.58. The van der Waals surface area contributed by atoms with Crippen LogP contribution in [0.2, 0.25) is 0 Å². The highest BCUT2D eigenvalue weighted by Gasteiger charge is 2.39. The Morgan fingerprint density at radius 3 is 2.05 bits per heavy atom. The number of rotatable bonds is 4. The molecule has 0 aromatic heterocycles. The molecule has 2 aliphatic rings. The zero-order valence-corrected chi connectivity index (χ0v) is 23.0. The van der Waals surface area contributed by atoms with E-state index in [9.17, 15) is 45.4 Å². The van der Waals surface area contributed by atoms with Crippen LogP contribution in [0, 0.1) is 12.7 Å². The van der Waals surface area contributed by atoms with Crippen LogP contribution in [0.4, 0.5) is 40.3 Å². The first-order valence-electron chi connectivity index (χ1n) is 13.3. The molecule has 2 aromatic rings. The first kappa shape index (κ1) is 31.4. The van der Waals surface area contributed by atoms with Gasteiger partial charge in [0, 0.05) is 52.4 Å². The molecule has 2 saturated heterocycles. The van der Waals surface area contributed by atoms with Crippen LogP contribution in [0.3, 0.4) is 0 Å². The molecule has 0 saturated carbocycles. The Labute approximate surface area is 238 Å². The molecule has 2 heterocycles. The molecule has 42 heavy (non-hydrogen) atoms. The van der Waals surface area contributed by atoms with Crippen molar-refractivity contribution >= 4 is 12.1 Å². The van der Waals surface area contributed by atoms with Crippen molar-refractivity contribution in [3.05, 3.63) is 70.0 Å². The zero-order valence-electron chi connectivity index (χ0n) is 23.0. The lowest BCUT2D eigenvalue weighted by molar-refractivity contribution is -0.143. The van der Waals surface area contributed by atoms with Crippen molar-refractivity contribution < 1.29 is 45.4 Å². The summed E-state index contributed by atoms with van der Waals surface area (Å²) in [6.45, 7) is 3.07. The number of nitrogens with zero attached hydrogens (tertiary/aromatic N) is 4. The maximum absolute atomic E-state index is 13.9. The lowest BCUT2D eigenvalue weighted by Crippen LogP contribution is -2.56. The minimum Gasteiger partial charge on any atom is -0.465 e. The van der Waals surface area contributed by atoms with Gasteiger partial charge in [0.15, 0.2) is 0 Å². The third kappa shape index (κ3) is 7.08. The van der Waals surface area contributed by atoms with Crippen LogP contribution < -0.4 is 0 Å². The summed E-state index contributed by atoms with van der Waals surface area (Å²) in [7, 11) is 1.31. The lowest BCUT2D eigenvalue weighted by Gasteiger charge is -2.46. The molecule has 2 fully saturated rings. The van der Waals surface area contributed by atoms with Crippen LogP contribution in [-0.2, 0) is 18.9 Å². The van der Waals surface area contributed by atoms with E-state index >= 15 is 0 Å². The SMILES string of the molecule is Cc1cc(F)ccc1[C@H]1C[C@@H](N2CCN(C(=O)O)CC2)CCN1C(=O)N(C)Cc1cc(C(F)(F)F)cc(C(F)(F)F)c1. The van der Waals surface area contributed by atoms with Gasteiger partial charge in [-0.15, -0.1) is 0 Å². The molecule has 4 rings (SSSR count). The van der Waals surface area contributed by atoms with E-state index in [1.54, 1.807) is 13.0 Å². The molecule has 230 valence electrons. The van der Waals surface area contributed by atoms with Gasteiger partial charge in [0.1, 0.15) is 5.82 Å². The Hall–Kier alpha value is -3.55. The second kappa shape index (κ2) is 12.0. The van der Waals surface area contributed by atoms with Crippen LogP contribution in [0.5, 0.6) is 0 Å². The molecule has 2 aliphatic heterocycles. The number of amides is 3. The van der Waals surface area contributed by atoms with Gasteiger partial charge in [0.25, 0.3) is 0 Å². The summed E-state index contributed by atoms with van der Waals surface area (Å²) in [6.07, 6.45) is -10.1. The average Bonchev–Trinajstić information content (AvgIpc) is 2.91. The van der Waals surface area contributed by atoms with Gasteiger partial charge in [-0.25, -0.2) is 14.0 Å². The van der Waals surface area contributed by atoms with Gasteiger partial charge < -0.3 is 19.8 Å². The van der Waals surface area contributed by atoms with Gasteiger partial charge in [0.2, 0.25) is 0 Å². The fourth-order valence-electron chi connectivity index (χ4n) is 5.76. The number of carboxylic acid groups (broad SMARTS) is 1. The van der Waals surface area contributed by atoms with Crippen LogP contribution >= 0.6 is 0 Å². The van der Waals surface area contributed by atoms with Gasteiger partial charge in [0.05, 0.1) is 17.2 Å². The first-order valence-corrected chi connectivity index (χ1v) is 13.3. The number of piperazine rings is 1. The molecule has 2 aromatic carbocycles. The summed E-state index contributed by atoms with van der Waals surface area (Å²) in [5.74, 6) is -0.464. The van der Waals surface area contributed by atoms with Gasteiger partial charge in [-0.2, -0.15) is 26.3 Å². The second-order valence-electron chi connectivity index (χ2n) is 10.7. The number of carbonyl (C=O) groups is 2. The number of urea groups is 1. The van der Waals surface area contributed by atoms with Crippen molar-refractivity contribution in [1.29, 1.82) is 0 Å². The van der Waals surface area contributed by atoms with Crippen LogP contribution in [0.25, 0.3) is 0 Å². The van der Waals surface area contributed by atoms with E-state index in [1.165, 1.54) is 29.0 Å². The monoisotopic (exact) mass is 604 g/mol. The Kier molecular flexibility index (Phi) is 8.95. The number of piperidine rings is 1. The van der Waals surface area contributed by atoms with Crippen LogP contribution in [-0.4, -0.2) is 82.6 Å². The summed E-state index contributed by atoms with van der Waals surface area (Å²) in [6, 6.07) is 4.25. The zero-order chi connectivity index (χ0) is 31.0. The number of alkyl halides is 6. The number of benzene rings is 2. The molecule has 1 N–H and O–H groups in total. The highest BCUT2D eigenvalue weighted by atomic mass is 19.4. The van der Waals surface area contributed by atoms with E-state index in [4.69, 9.17) is 0 Å². The van der Waals surface area contributed by atoms with E-state index in [2.05, 4.69) is 4.90 Å². The predicted octanol–water partition coefficient (Wildman–Crippen LogP) is 6.22. The Morgan fingerprint density at radius 2 is 1.52 bits per heavy atom. The summed E-state index contributed by atoms with van der Waals surface area (Å²) in [5.41, 5.74) is -1.99. The van der Waals surface area contributed by atoms with Gasteiger partial charge in [-0.1, -0.05) is 6.07 Å². The summed E-state index contributed by atoms with van der Waals surface area (Å²) in [4.78, 5) is 31.0. The summed E-state index contributed by atoms with van der Waals surface area (Å²) in [5, 5.41) is 9.26. The Morgan fingerprint density at radius 1 is 0.929 bits per heavy atom. The van der Waals surface area contributed by atoms with Crippen molar-refractivity contribution in [1.82, 2.24) is 19.6 Å². The lowest BCUT2D eigenvalue weighted by atomic mass is 9.88. The third-order valence-electron chi connectivity index (χ3n) is 7.91. The number of halogens is 7. The minimum atomic E-state index is -5.01. The molecule has 3 amide bonds. The van der Waals surface area contributed by atoms with Crippen LogP contribution in [0.1, 0.15) is 46.7 Å². The topological polar surface area (TPSA) is 67.3 Å². The van der Waals surface area contributed by atoms with E-state index in [0.29, 0.717) is 62.3 Å². The highest BCUT2D eigenvalue weighted by Crippen LogP contribution is 2.38. The molecule has 0 bridgehead atoms. The number of likely N-dealkylation sites (tertiary alicyclic amines) is 1. The quantitative estimate of drug-likeness (QED) is 0.421. The molecule has 7 nitrogen and oxygen atoms in total. The summed E-state index contributed by atoms with van der Waals surface area (Å²) < 4.78 is 94.1. The van der Waals surface area contributed by atoms with Crippen molar-refractivity contribution in [2.24, 2.45) is 0 Å². The molecule has 0 spiro atoms. The smallest absolute Gasteiger partial charge is 0.416 e. The number of hydrogen-bond acceptors (Lipinski definition) is 3. The van der Waals surface area contributed by atoms with Crippen molar-refractivity contribution in [3.63, 3.8) is 0 Å².